The van der Waals surface area contributed by atoms with Gasteiger partial charge in [-0.1, -0.05) is 72.3 Å². The van der Waals surface area contributed by atoms with Crippen LogP contribution in [0.3, 0.4) is 0 Å². The van der Waals surface area contributed by atoms with Crippen molar-refractivity contribution in [3.8, 4) is 0 Å². The minimum absolute atomic E-state index is 0.0508. The van der Waals surface area contributed by atoms with E-state index in [1.165, 1.54) is 30.3 Å². The normalized spacial score (nSPS) is 11.8. The van der Waals surface area contributed by atoms with Crippen LogP contribution in [0, 0.1) is 0 Å². The van der Waals surface area contributed by atoms with Crippen LogP contribution in [-0.2, 0) is 10.0 Å². The Bertz CT molecular complexity index is 1530. The van der Waals surface area contributed by atoms with Gasteiger partial charge in [-0.25, -0.2) is 8.42 Å². The highest BCUT2D eigenvalue weighted by molar-refractivity contribution is 7.92. The highest BCUT2D eigenvalue weighted by Crippen LogP contribution is 2.27. The van der Waals surface area contributed by atoms with Crippen molar-refractivity contribution in [1.82, 2.24) is 5.32 Å². The highest BCUT2D eigenvalue weighted by atomic mass is 35.5. The Kier molecular flexibility index (Phi) is 7.91. The molecule has 188 valence electrons. The lowest BCUT2D eigenvalue weighted by atomic mass is 10.1. The maximum Gasteiger partial charge on any atom is 0.261 e. The molecule has 0 bridgehead atoms. The van der Waals surface area contributed by atoms with Crippen LogP contribution < -0.4 is 15.4 Å². The zero-order valence-corrected chi connectivity index (χ0v) is 21.4. The summed E-state index contributed by atoms with van der Waals surface area (Å²) in [4.78, 5) is 26.0. The van der Waals surface area contributed by atoms with E-state index in [9.17, 15) is 18.0 Å². The summed E-state index contributed by atoms with van der Waals surface area (Å²) in [7, 11) is -3.84. The molecule has 37 heavy (non-hydrogen) atoms. The van der Waals surface area contributed by atoms with Gasteiger partial charge in [0.05, 0.1) is 32.9 Å². The molecule has 0 aliphatic rings. The lowest BCUT2D eigenvalue weighted by molar-refractivity contribution is 0.0940. The smallest absolute Gasteiger partial charge is 0.261 e. The number of benzene rings is 4. The van der Waals surface area contributed by atoms with Crippen molar-refractivity contribution in [1.29, 1.82) is 0 Å². The molecule has 0 aliphatic carbocycles. The van der Waals surface area contributed by atoms with E-state index in [0.29, 0.717) is 11.3 Å². The maximum absolute atomic E-state index is 13.0. The largest absolute Gasteiger partial charge is 0.345 e. The van der Waals surface area contributed by atoms with E-state index in [4.69, 9.17) is 11.6 Å². The van der Waals surface area contributed by atoms with E-state index >= 15 is 0 Å². The lowest BCUT2D eigenvalue weighted by Crippen LogP contribution is -2.28. The second-order valence-electron chi connectivity index (χ2n) is 8.22. The van der Waals surface area contributed by atoms with Crippen LogP contribution in [0.4, 0.5) is 11.4 Å². The van der Waals surface area contributed by atoms with Crippen LogP contribution >= 0.6 is 11.6 Å². The van der Waals surface area contributed by atoms with Gasteiger partial charge in [-0.05, 0) is 55.0 Å². The Morgan fingerprint density at radius 2 is 1.38 bits per heavy atom. The Hall–Kier alpha value is -4.14. The number of para-hydroxylation sites is 1. The summed E-state index contributed by atoms with van der Waals surface area (Å²) >= 11 is 6.30. The van der Waals surface area contributed by atoms with Crippen molar-refractivity contribution in [3.05, 3.63) is 125 Å². The Morgan fingerprint density at radius 3 is 2.05 bits per heavy atom. The number of hydrogen-bond acceptors (Lipinski definition) is 4. The van der Waals surface area contributed by atoms with Gasteiger partial charge in [0.25, 0.3) is 21.8 Å². The van der Waals surface area contributed by atoms with E-state index < -0.39 is 15.9 Å². The van der Waals surface area contributed by atoms with Crippen LogP contribution in [0.5, 0.6) is 0 Å². The van der Waals surface area contributed by atoms with E-state index in [0.717, 1.165) is 5.56 Å². The summed E-state index contributed by atoms with van der Waals surface area (Å²) in [6.07, 6.45) is 0. The predicted octanol–water partition coefficient (Wildman–Crippen LogP) is 5.88. The Morgan fingerprint density at radius 1 is 0.757 bits per heavy atom. The highest BCUT2D eigenvalue weighted by Gasteiger charge is 2.19. The number of carbonyl (C=O) groups is 2. The van der Waals surface area contributed by atoms with Crippen LogP contribution in [0.25, 0.3) is 0 Å². The lowest BCUT2D eigenvalue weighted by Gasteiger charge is -2.16. The second kappa shape index (κ2) is 11.3. The van der Waals surface area contributed by atoms with Crippen molar-refractivity contribution < 1.29 is 18.0 Å². The molecular weight excluding hydrogens is 510 g/mol. The van der Waals surface area contributed by atoms with Crippen molar-refractivity contribution >= 4 is 44.8 Å². The fourth-order valence-electron chi connectivity index (χ4n) is 3.63. The monoisotopic (exact) mass is 533 g/mol. The molecule has 0 fully saturated rings. The molecule has 0 spiro atoms. The third-order valence-corrected chi connectivity index (χ3v) is 7.29. The Labute approximate surface area is 220 Å². The fourth-order valence-corrected chi connectivity index (χ4v) is 5.01. The minimum Gasteiger partial charge on any atom is -0.345 e. The van der Waals surface area contributed by atoms with Crippen LogP contribution in [0.15, 0.2) is 108 Å². The molecule has 0 aliphatic heterocycles. The summed E-state index contributed by atoms with van der Waals surface area (Å²) in [6, 6.07) is 28.1. The SMILES string of the molecule is CC(NC(=O)c1ccccc1NC(=O)c1ccc(NS(=O)(=O)c2ccccc2)c(Cl)c1)c1ccccc1. The van der Waals surface area contributed by atoms with Gasteiger partial charge >= 0.3 is 0 Å². The number of nitrogens with one attached hydrogen (secondary N) is 3. The van der Waals surface area contributed by atoms with Crippen molar-refractivity contribution in [2.45, 2.75) is 17.9 Å². The van der Waals surface area contributed by atoms with Crippen molar-refractivity contribution in [2.24, 2.45) is 0 Å². The zero-order valence-electron chi connectivity index (χ0n) is 19.8. The summed E-state index contributed by atoms with van der Waals surface area (Å²) in [6.45, 7) is 1.88. The van der Waals surface area contributed by atoms with Gasteiger partial charge in [0.2, 0.25) is 0 Å². The average molecular weight is 534 g/mol. The molecular formula is C28H24ClN3O4S. The third kappa shape index (κ3) is 6.35. The zero-order chi connectivity index (χ0) is 26.4. The third-order valence-electron chi connectivity index (χ3n) is 5.60. The number of sulfonamides is 1. The first-order valence-electron chi connectivity index (χ1n) is 11.4. The number of anilines is 2. The molecule has 0 heterocycles. The molecule has 0 saturated carbocycles. The molecule has 4 rings (SSSR count). The minimum atomic E-state index is -3.84. The predicted molar refractivity (Wildman–Crippen MR) is 145 cm³/mol. The number of rotatable bonds is 8. The van der Waals surface area contributed by atoms with Gasteiger partial charge in [0.15, 0.2) is 0 Å². The van der Waals surface area contributed by atoms with Gasteiger partial charge in [0, 0.05) is 5.56 Å². The van der Waals surface area contributed by atoms with Crippen molar-refractivity contribution in [2.75, 3.05) is 10.0 Å². The molecule has 1 unspecified atom stereocenters. The van der Waals surface area contributed by atoms with Crippen LogP contribution in [-0.4, -0.2) is 20.2 Å². The van der Waals surface area contributed by atoms with Gasteiger partial charge in [0.1, 0.15) is 0 Å². The van der Waals surface area contributed by atoms with Crippen molar-refractivity contribution in [3.63, 3.8) is 0 Å². The van der Waals surface area contributed by atoms with E-state index in [2.05, 4.69) is 15.4 Å². The molecule has 0 saturated heterocycles. The molecule has 0 radical (unpaired) electrons. The number of amides is 2. The molecule has 9 heteroatoms. The standard InChI is InChI=1S/C28H24ClN3O4S/c1-19(20-10-4-2-5-11-20)30-28(34)23-14-8-9-15-25(23)31-27(33)21-16-17-26(24(29)18-21)32-37(35,36)22-12-6-3-7-13-22/h2-19,32H,1H3,(H,30,34)(H,31,33). The molecule has 1 atom stereocenters. The molecule has 3 N–H and O–H groups in total. The van der Waals surface area contributed by atoms with Crippen LogP contribution in [0.1, 0.15) is 39.2 Å². The molecule has 4 aromatic carbocycles. The molecule has 7 nitrogen and oxygen atoms in total. The van der Waals surface area contributed by atoms with E-state index in [1.54, 1.807) is 42.5 Å². The fraction of sp³-hybridized carbons (Fsp3) is 0.0714. The topological polar surface area (TPSA) is 104 Å². The summed E-state index contributed by atoms with van der Waals surface area (Å²) in [5.74, 6) is -0.841. The molecule has 4 aromatic rings. The summed E-state index contributed by atoms with van der Waals surface area (Å²) in [5, 5.41) is 5.74. The van der Waals surface area contributed by atoms with E-state index in [1.807, 2.05) is 37.3 Å². The first kappa shape index (κ1) is 25.9. The summed E-state index contributed by atoms with van der Waals surface area (Å²) < 4.78 is 27.6. The van der Waals surface area contributed by atoms with Gasteiger partial charge in [-0.2, -0.15) is 0 Å². The second-order valence-corrected chi connectivity index (χ2v) is 10.3. The first-order chi connectivity index (χ1) is 17.7. The van der Waals surface area contributed by atoms with E-state index in [-0.39, 0.29) is 33.1 Å². The number of hydrogen-bond donors (Lipinski definition) is 3. The number of carbonyl (C=O) groups excluding carboxylic acids is 2. The number of halogens is 1. The van der Waals surface area contributed by atoms with Gasteiger partial charge < -0.3 is 10.6 Å². The Balaban J connectivity index is 1.48. The average Bonchev–Trinajstić information content (AvgIpc) is 2.91. The quantitative estimate of drug-likeness (QED) is 0.263. The van der Waals surface area contributed by atoms with Gasteiger partial charge in [-0.15, -0.1) is 0 Å². The first-order valence-corrected chi connectivity index (χ1v) is 13.2. The maximum atomic E-state index is 13.0. The molecule has 0 aromatic heterocycles. The summed E-state index contributed by atoms with van der Waals surface area (Å²) in [5.41, 5.74) is 1.92. The molecule has 2 amide bonds. The van der Waals surface area contributed by atoms with Gasteiger partial charge in [-0.3, -0.25) is 14.3 Å². The van der Waals surface area contributed by atoms with Crippen LogP contribution in [0.2, 0.25) is 5.02 Å².